The SMILES string of the molecule is COc1cc(I)c(C(=O)NC2CCCNC2)cc1OC. The van der Waals surface area contributed by atoms with Crippen molar-refractivity contribution in [3.05, 3.63) is 21.3 Å². The molecular formula is C14H19IN2O3. The Labute approximate surface area is 132 Å². The van der Waals surface area contributed by atoms with Gasteiger partial charge in [-0.05, 0) is 54.1 Å². The highest BCUT2D eigenvalue weighted by molar-refractivity contribution is 14.1. The fraction of sp³-hybridized carbons (Fsp3) is 0.500. The quantitative estimate of drug-likeness (QED) is 0.770. The molecule has 2 N–H and O–H groups in total. The molecule has 1 saturated heterocycles. The van der Waals surface area contributed by atoms with Crippen LogP contribution in [0, 0.1) is 3.57 Å². The lowest BCUT2D eigenvalue weighted by Gasteiger charge is -2.24. The number of hydrogen-bond donors (Lipinski definition) is 2. The van der Waals surface area contributed by atoms with E-state index in [4.69, 9.17) is 9.47 Å². The van der Waals surface area contributed by atoms with Gasteiger partial charge in [0, 0.05) is 16.2 Å². The number of benzene rings is 1. The van der Waals surface area contributed by atoms with E-state index in [2.05, 4.69) is 33.2 Å². The number of amides is 1. The fourth-order valence-electron chi connectivity index (χ4n) is 2.27. The van der Waals surface area contributed by atoms with Crippen molar-refractivity contribution >= 4 is 28.5 Å². The van der Waals surface area contributed by atoms with Gasteiger partial charge in [-0.1, -0.05) is 0 Å². The zero-order valence-electron chi connectivity index (χ0n) is 11.7. The van der Waals surface area contributed by atoms with Crippen LogP contribution < -0.4 is 20.1 Å². The van der Waals surface area contributed by atoms with Crippen molar-refractivity contribution in [1.29, 1.82) is 0 Å². The smallest absolute Gasteiger partial charge is 0.252 e. The van der Waals surface area contributed by atoms with Crippen molar-refractivity contribution in [2.45, 2.75) is 18.9 Å². The Bertz CT molecular complexity index is 488. The summed E-state index contributed by atoms with van der Waals surface area (Å²) in [7, 11) is 3.15. The first-order valence-corrected chi connectivity index (χ1v) is 7.66. The number of methoxy groups -OCH3 is 2. The minimum Gasteiger partial charge on any atom is -0.493 e. The van der Waals surface area contributed by atoms with E-state index >= 15 is 0 Å². The Hall–Kier alpha value is -1.02. The van der Waals surface area contributed by atoms with E-state index in [0.29, 0.717) is 17.1 Å². The Balaban J connectivity index is 2.16. The molecule has 0 saturated carbocycles. The first kappa shape index (κ1) is 15.4. The van der Waals surface area contributed by atoms with Crippen LogP contribution in [0.25, 0.3) is 0 Å². The van der Waals surface area contributed by atoms with E-state index < -0.39 is 0 Å². The number of hydrogen-bond acceptors (Lipinski definition) is 4. The third kappa shape index (κ3) is 3.54. The second kappa shape index (κ2) is 7.12. The third-order valence-electron chi connectivity index (χ3n) is 3.35. The summed E-state index contributed by atoms with van der Waals surface area (Å²) in [5.74, 6) is 1.14. The highest BCUT2D eigenvalue weighted by atomic mass is 127. The zero-order chi connectivity index (χ0) is 14.5. The average molecular weight is 390 g/mol. The minimum atomic E-state index is -0.0657. The average Bonchev–Trinajstić information content (AvgIpc) is 2.47. The standard InChI is InChI=1S/C14H19IN2O3/c1-19-12-6-10(11(15)7-13(12)20-2)14(18)17-9-4-3-5-16-8-9/h6-7,9,16H,3-5,8H2,1-2H3,(H,17,18). The zero-order valence-corrected chi connectivity index (χ0v) is 13.8. The molecule has 6 heteroatoms. The molecule has 1 aromatic carbocycles. The molecule has 0 radical (unpaired) electrons. The summed E-state index contributed by atoms with van der Waals surface area (Å²) in [6.07, 6.45) is 2.11. The van der Waals surface area contributed by atoms with E-state index in [0.717, 1.165) is 29.5 Å². The lowest BCUT2D eigenvalue weighted by atomic mass is 10.1. The number of nitrogens with one attached hydrogen (secondary N) is 2. The lowest BCUT2D eigenvalue weighted by Crippen LogP contribution is -2.45. The Morgan fingerprint density at radius 3 is 2.65 bits per heavy atom. The molecule has 110 valence electrons. The highest BCUT2D eigenvalue weighted by Crippen LogP contribution is 2.31. The molecule has 1 aliphatic heterocycles. The van der Waals surface area contributed by atoms with Crippen LogP contribution in [0.2, 0.25) is 0 Å². The second-order valence-corrected chi connectivity index (χ2v) is 5.87. The van der Waals surface area contributed by atoms with Crippen LogP contribution in [0.15, 0.2) is 12.1 Å². The van der Waals surface area contributed by atoms with Gasteiger partial charge in [0.15, 0.2) is 11.5 Å². The molecule has 0 spiro atoms. The molecule has 1 heterocycles. The number of ether oxygens (including phenoxy) is 2. The molecule has 5 nitrogen and oxygen atoms in total. The van der Waals surface area contributed by atoms with Crippen LogP contribution >= 0.6 is 22.6 Å². The van der Waals surface area contributed by atoms with Gasteiger partial charge >= 0.3 is 0 Å². The maximum absolute atomic E-state index is 12.4. The fourth-order valence-corrected chi connectivity index (χ4v) is 2.95. The molecule has 20 heavy (non-hydrogen) atoms. The number of carbonyl (C=O) groups excluding carboxylic acids is 1. The van der Waals surface area contributed by atoms with Crippen LogP contribution in [0.1, 0.15) is 23.2 Å². The van der Waals surface area contributed by atoms with Crippen molar-refractivity contribution in [1.82, 2.24) is 10.6 Å². The molecule has 1 fully saturated rings. The molecule has 1 aromatic rings. The molecule has 0 aliphatic carbocycles. The predicted molar refractivity (Wildman–Crippen MR) is 85.6 cm³/mol. The van der Waals surface area contributed by atoms with E-state index in [9.17, 15) is 4.79 Å². The van der Waals surface area contributed by atoms with Gasteiger partial charge in [0.25, 0.3) is 5.91 Å². The van der Waals surface area contributed by atoms with Gasteiger partial charge in [-0.15, -0.1) is 0 Å². The normalized spacial score (nSPS) is 18.4. The van der Waals surface area contributed by atoms with Crippen LogP contribution in [0.5, 0.6) is 11.5 Å². The topological polar surface area (TPSA) is 59.6 Å². The van der Waals surface area contributed by atoms with Gasteiger partial charge in [0.05, 0.1) is 19.8 Å². The number of halogens is 1. The van der Waals surface area contributed by atoms with Gasteiger partial charge < -0.3 is 20.1 Å². The molecule has 2 rings (SSSR count). The summed E-state index contributed by atoms with van der Waals surface area (Å²) < 4.78 is 11.3. The van der Waals surface area contributed by atoms with Gasteiger partial charge in [0.1, 0.15) is 0 Å². The molecule has 0 aromatic heterocycles. The van der Waals surface area contributed by atoms with E-state index in [1.54, 1.807) is 20.3 Å². The Kier molecular flexibility index (Phi) is 5.47. The maximum atomic E-state index is 12.4. The monoisotopic (exact) mass is 390 g/mol. The van der Waals surface area contributed by atoms with Crippen molar-refractivity contribution < 1.29 is 14.3 Å². The molecular weight excluding hydrogens is 371 g/mol. The van der Waals surface area contributed by atoms with Crippen LogP contribution in [0.4, 0.5) is 0 Å². The maximum Gasteiger partial charge on any atom is 0.252 e. The third-order valence-corrected chi connectivity index (χ3v) is 4.24. The van der Waals surface area contributed by atoms with Crippen molar-refractivity contribution in [3.8, 4) is 11.5 Å². The Morgan fingerprint density at radius 1 is 1.35 bits per heavy atom. The summed E-state index contributed by atoms with van der Waals surface area (Å²) in [4.78, 5) is 12.4. The molecule has 1 aliphatic rings. The van der Waals surface area contributed by atoms with Crippen molar-refractivity contribution in [2.75, 3.05) is 27.3 Å². The molecule has 1 unspecified atom stereocenters. The first-order chi connectivity index (χ1) is 9.65. The highest BCUT2D eigenvalue weighted by Gasteiger charge is 2.19. The van der Waals surface area contributed by atoms with Gasteiger partial charge in [-0.3, -0.25) is 4.79 Å². The lowest BCUT2D eigenvalue weighted by molar-refractivity contribution is 0.0929. The molecule has 1 atom stereocenters. The first-order valence-electron chi connectivity index (χ1n) is 6.58. The van der Waals surface area contributed by atoms with Crippen LogP contribution in [0.3, 0.4) is 0 Å². The summed E-state index contributed by atoms with van der Waals surface area (Å²) >= 11 is 2.14. The van der Waals surface area contributed by atoms with Gasteiger partial charge in [0.2, 0.25) is 0 Å². The molecule has 1 amide bonds. The predicted octanol–water partition coefficient (Wildman–Crippen LogP) is 1.79. The van der Waals surface area contributed by atoms with Crippen molar-refractivity contribution in [2.24, 2.45) is 0 Å². The van der Waals surface area contributed by atoms with E-state index in [1.165, 1.54) is 0 Å². The van der Waals surface area contributed by atoms with Crippen LogP contribution in [-0.2, 0) is 0 Å². The number of rotatable bonds is 4. The second-order valence-electron chi connectivity index (χ2n) is 4.70. The minimum absolute atomic E-state index is 0.0657. The van der Waals surface area contributed by atoms with E-state index in [-0.39, 0.29) is 11.9 Å². The van der Waals surface area contributed by atoms with E-state index in [1.807, 2.05) is 6.07 Å². The van der Waals surface area contributed by atoms with Crippen molar-refractivity contribution in [3.63, 3.8) is 0 Å². The van der Waals surface area contributed by atoms with Gasteiger partial charge in [-0.25, -0.2) is 0 Å². The largest absolute Gasteiger partial charge is 0.493 e. The number of piperidine rings is 1. The summed E-state index contributed by atoms with van der Waals surface area (Å²) in [6, 6.07) is 3.74. The summed E-state index contributed by atoms with van der Waals surface area (Å²) in [5.41, 5.74) is 0.619. The number of carbonyl (C=O) groups is 1. The van der Waals surface area contributed by atoms with Gasteiger partial charge in [-0.2, -0.15) is 0 Å². The summed E-state index contributed by atoms with van der Waals surface area (Å²) in [6.45, 7) is 1.86. The summed E-state index contributed by atoms with van der Waals surface area (Å²) in [5, 5.41) is 6.35. The molecule has 0 bridgehead atoms. The Morgan fingerprint density at radius 2 is 2.05 bits per heavy atom. The van der Waals surface area contributed by atoms with Crippen LogP contribution in [-0.4, -0.2) is 39.3 Å².